The summed E-state index contributed by atoms with van der Waals surface area (Å²) in [6, 6.07) is 66.7. The fourth-order valence-electron chi connectivity index (χ4n) is 8.58. The highest BCUT2D eigenvalue weighted by Gasteiger charge is 2.35. The Morgan fingerprint density at radius 1 is 0.451 bits per heavy atom. The summed E-state index contributed by atoms with van der Waals surface area (Å²) in [6.07, 6.45) is 0. The molecule has 0 N–H and O–H groups in total. The van der Waals surface area contributed by atoms with Gasteiger partial charge in [-0.25, -0.2) is 0 Å². The Hall–Kier alpha value is -6.38. The van der Waals surface area contributed by atoms with Crippen molar-refractivity contribution in [3.8, 4) is 27.9 Å². The monoisotopic (exact) mass is 652 g/mol. The lowest BCUT2D eigenvalue weighted by Gasteiger charge is -2.29. The van der Waals surface area contributed by atoms with E-state index in [1.165, 1.54) is 66.0 Å². The van der Waals surface area contributed by atoms with Crippen LogP contribution in [0.15, 0.2) is 182 Å². The molecule has 10 rings (SSSR count). The number of benzene rings is 8. The Morgan fingerprint density at radius 2 is 1.08 bits per heavy atom. The standard InChI is InChI=1S/C49H36N2/c1-49(2)43-23-13-11-22-40(43)41-31-36(26-28-44(41)49)50(45-24-14-12-20-38(45)33-15-5-3-6-16-33)37-27-30-46-42(32-37)48-39-21-10-9-17-34(39)25-29-47(48)51(46)35-18-7-4-8-19-35/h3-32H,1-2H3. The third-order valence-corrected chi connectivity index (χ3v) is 11.0. The summed E-state index contributed by atoms with van der Waals surface area (Å²) in [5, 5.41) is 5.01. The number of fused-ring (bicyclic) bond motifs is 8. The summed E-state index contributed by atoms with van der Waals surface area (Å²) >= 11 is 0. The third kappa shape index (κ3) is 4.50. The molecular formula is C49H36N2. The zero-order valence-electron chi connectivity index (χ0n) is 28.7. The summed E-state index contributed by atoms with van der Waals surface area (Å²) < 4.78 is 2.41. The van der Waals surface area contributed by atoms with Crippen LogP contribution in [0, 0.1) is 0 Å². The average Bonchev–Trinajstić information content (AvgIpc) is 3.64. The van der Waals surface area contributed by atoms with Crippen LogP contribution in [0.5, 0.6) is 0 Å². The zero-order valence-corrected chi connectivity index (χ0v) is 28.7. The highest BCUT2D eigenvalue weighted by Crippen LogP contribution is 2.51. The number of para-hydroxylation sites is 2. The van der Waals surface area contributed by atoms with Gasteiger partial charge in [-0.3, -0.25) is 0 Å². The van der Waals surface area contributed by atoms with Gasteiger partial charge in [-0.1, -0.05) is 141 Å². The van der Waals surface area contributed by atoms with Crippen molar-refractivity contribution in [2.24, 2.45) is 0 Å². The quantitative estimate of drug-likeness (QED) is 0.180. The molecular weight excluding hydrogens is 617 g/mol. The van der Waals surface area contributed by atoms with Crippen LogP contribution < -0.4 is 4.90 Å². The first-order valence-corrected chi connectivity index (χ1v) is 17.8. The van der Waals surface area contributed by atoms with Gasteiger partial charge in [-0.05, 0) is 93.2 Å². The maximum atomic E-state index is 2.47. The first-order valence-electron chi connectivity index (χ1n) is 17.8. The first-order chi connectivity index (χ1) is 25.1. The van der Waals surface area contributed by atoms with E-state index in [1.807, 2.05) is 0 Å². The highest BCUT2D eigenvalue weighted by atomic mass is 15.1. The van der Waals surface area contributed by atoms with Crippen molar-refractivity contribution >= 4 is 49.6 Å². The number of nitrogens with zero attached hydrogens (tertiary/aromatic N) is 2. The Balaban J connectivity index is 1.28. The van der Waals surface area contributed by atoms with Crippen LogP contribution in [0.25, 0.3) is 60.5 Å². The second kappa shape index (κ2) is 11.3. The van der Waals surface area contributed by atoms with Gasteiger partial charge in [0.05, 0.1) is 16.7 Å². The number of anilines is 3. The van der Waals surface area contributed by atoms with Crippen molar-refractivity contribution in [2.45, 2.75) is 19.3 Å². The molecule has 1 heterocycles. The molecule has 0 saturated carbocycles. The maximum Gasteiger partial charge on any atom is 0.0547 e. The lowest BCUT2D eigenvalue weighted by molar-refractivity contribution is 0.660. The minimum Gasteiger partial charge on any atom is -0.310 e. The number of hydrogen-bond donors (Lipinski definition) is 0. The topological polar surface area (TPSA) is 8.17 Å². The molecule has 1 aliphatic carbocycles. The largest absolute Gasteiger partial charge is 0.310 e. The van der Waals surface area contributed by atoms with Gasteiger partial charge in [0.2, 0.25) is 0 Å². The summed E-state index contributed by atoms with van der Waals surface area (Å²) in [6.45, 7) is 4.70. The summed E-state index contributed by atoms with van der Waals surface area (Å²) in [5.41, 5.74) is 14.7. The Labute approximate surface area is 298 Å². The van der Waals surface area contributed by atoms with Gasteiger partial charge in [0, 0.05) is 38.8 Å². The molecule has 0 fully saturated rings. The van der Waals surface area contributed by atoms with Crippen LogP contribution in [0.4, 0.5) is 17.1 Å². The van der Waals surface area contributed by atoms with Gasteiger partial charge in [-0.15, -0.1) is 0 Å². The molecule has 8 aromatic carbocycles. The van der Waals surface area contributed by atoms with Crippen molar-refractivity contribution in [1.29, 1.82) is 0 Å². The Morgan fingerprint density at radius 3 is 1.92 bits per heavy atom. The smallest absolute Gasteiger partial charge is 0.0547 e. The zero-order chi connectivity index (χ0) is 34.1. The molecule has 0 spiro atoms. The fourth-order valence-corrected chi connectivity index (χ4v) is 8.58. The second-order valence-corrected chi connectivity index (χ2v) is 14.2. The van der Waals surface area contributed by atoms with E-state index in [0.717, 1.165) is 22.7 Å². The predicted molar refractivity (Wildman–Crippen MR) is 216 cm³/mol. The summed E-state index contributed by atoms with van der Waals surface area (Å²) in [5.74, 6) is 0. The highest BCUT2D eigenvalue weighted by molar-refractivity contribution is 6.22. The lowest BCUT2D eigenvalue weighted by atomic mass is 9.82. The number of rotatable bonds is 5. The summed E-state index contributed by atoms with van der Waals surface area (Å²) in [4.78, 5) is 2.47. The predicted octanol–water partition coefficient (Wildman–Crippen LogP) is 13.4. The normalized spacial score (nSPS) is 13.1. The molecule has 1 aromatic heterocycles. The van der Waals surface area contributed by atoms with E-state index in [9.17, 15) is 0 Å². The van der Waals surface area contributed by atoms with Crippen LogP contribution in [0.2, 0.25) is 0 Å². The van der Waals surface area contributed by atoms with E-state index in [-0.39, 0.29) is 5.41 Å². The van der Waals surface area contributed by atoms with Crippen molar-refractivity contribution in [1.82, 2.24) is 4.57 Å². The second-order valence-electron chi connectivity index (χ2n) is 14.2. The van der Waals surface area contributed by atoms with Gasteiger partial charge >= 0.3 is 0 Å². The van der Waals surface area contributed by atoms with Gasteiger partial charge in [0.1, 0.15) is 0 Å². The molecule has 0 saturated heterocycles. The van der Waals surface area contributed by atoms with Crippen molar-refractivity contribution in [3.05, 3.63) is 193 Å². The first kappa shape index (κ1) is 29.5. The van der Waals surface area contributed by atoms with Gasteiger partial charge < -0.3 is 9.47 Å². The molecule has 0 aliphatic heterocycles. The lowest BCUT2D eigenvalue weighted by Crippen LogP contribution is -2.15. The van der Waals surface area contributed by atoms with E-state index in [1.54, 1.807) is 0 Å². The third-order valence-electron chi connectivity index (χ3n) is 11.0. The number of aromatic nitrogens is 1. The molecule has 0 bridgehead atoms. The van der Waals surface area contributed by atoms with E-state index in [0.29, 0.717) is 0 Å². The molecule has 242 valence electrons. The van der Waals surface area contributed by atoms with E-state index >= 15 is 0 Å². The molecule has 0 radical (unpaired) electrons. The maximum absolute atomic E-state index is 2.47. The van der Waals surface area contributed by atoms with Gasteiger partial charge in [-0.2, -0.15) is 0 Å². The van der Waals surface area contributed by atoms with Crippen molar-refractivity contribution < 1.29 is 0 Å². The van der Waals surface area contributed by atoms with Crippen LogP contribution in [-0.2, 0) is 5.41 Å². The van der Waals surface area contributed by atoms with Crippen LogP contribution >= 0.6 is 0 Å². The molecule has 0 unspecified atom stereocenters. The molecule has 2 heteroatoms. The van der Waals surface area contributed by atoms with Gasteiger partial charge in [0.15, 0.2) is 0 Å². The minimum atomic E-state index is -0.0591. The molecule has 2 nitrogen and oxygen atoms in total. The van der Waals surface area contributed by atoms with Crippen LogP contribution in [-0.4, -0.2) is 4.57 Å². The molecule has 51 heavy (non-hydrogen) atoms. The molecule has 0 amide bonds. The van der Waals surface area contributed by atoms with Crippen molar-refractivity contribution in [2.75, 3.05) is 4.90 Å². The minimum absolute atomic E-state index is 0.0591. The Kier molecular flexibility index (Phi) is 6.56. The molecule has 0 atom stereocenters. The van der Waals surface area contributed by atoms with E-state index < -0.39 is 0 Å². The van der Waals surface area contributed by atoms with Gasteiger partial charge in [0.25, 0.3) is 0 Å². The molecule has 9 aromatic rings. The summed E-state index contributed by atoms with van der Waals surface area (Å²) in [7, 11) is 0. The SMILES string of the molecule is CC1(C)c2ccccc2-c2cc(N(c3ccc4c(c3)c3c5ccccc5ccc3n4-c3ccccc3)c3ccccc3-c3ccccc3)ccc21. The van der Waals surface area contributed by atoms with E-state index in [4.69, 9.17) is 0 Å². The molecule has 1 aliphatic rings. The average molecular weight is 653 g/mol. The van der Waals surface area contributed by atoms with Crippen LogP contribution in [0.3, 0.4) is 0 Å². The Bertz CT molecular complexity index is 2770. The fraction of sp³-hybridized carbons (Fsp3) is 0.0612. The number of hydrogen-bond acceptors (Lipinski definition) is 1. The van der Waals surface area contributed by atoms with Crippen LogP contribution in [0.1, 0.15) is 25.0 Å². The van der Waals surface area contributed by atoms with Crippen molar-refractivity contribution in [3.63, 3.8) is 0 Å². The van der Waals surface area contributed by atoms with E-state index in [2.05, 4.69) is 205 Å².